The Morgan fingerprint density at radius 1 is 1.41 bits per heavy atom. The number of methoxy groups -OCH3 is 1. The average Bonchev–Trinajstić information content (AvgIpc) is 3.09. The van der Waals surface area contributed by atoms with Gasteiger partial charge in [0.1, 0.15) is 23.7 Å². The maximum absolute atomic E-state index is 13.9. The highest BCUT2D eigenvalue weighted by Crippen LogP contribution is 2.34. The van der Waals surface area contributed by atoms with Crippen LogP contribution in [0.15, 0.2) is 30.5 Å². The van der Waals surface area contributed by atoms with Gasteiger partial charge in [0.2, 0.25) is 0 Å². The van der Waals surface area contributed by atoms with Gasteiger partial charge in [0.25, 0.3) is 0 Å². The van der Waals surface area contributed by atoms with Crippen molar-refractivity contribution in [1.82, 2.24) is 20.1 Å². The van der Waals surface area contributed by atoms with Crippen molar-refractivity contribution in [2.75, 3.05) is 19.9 Å². The third-order valence-corrected chi connectivity index (χ3v) is 4.90. The number of nitriles is 1. The first kappa shape index (κ1) is 22.7. The summed E-state index contributed by atoms with van der Waals surface area (Å²) in [4.78, 5) is 16.3. The zero-order valence-corrected chi connectivity index (χ0v) is 18.1. The average molecular weight is 438 g/mol. The van der Waals surface area contributed by atoms with Crippen LogP contribution in [0.25, 0.3) is 11.1 Å². The summed E-state index contributed by atoms with van der Waals surface area (Å²) < 4.78 is 26.1. The van der Waals surface area contributed by atoms with E-state index in [0.29, 0.717) is 34.6 Å². The summed E-state index contributed by atoms with van der Waals surface area (Å²) in [6.45, 7) is 2.10. The molecule has 0 fully saturated rings. The lowest BCUT2D eigenvalue weighted by atomic mass is 10.0. The molecule has 2 aromatic heterocycles. The molecule has 3 aromatic rings. The van der Waals surface area contributed by atoms with Crippen molar-refractivity contribution in [3.05, 3.63) is 58.8 Å². The standard InChI is InChI=1S/C22H23FN6O3/c1-12(16-8-14(23)5-6-15(16)22(30)31-4)32-19-7-13(10-27-21(19)25)20-17(11-26-2)28-29(3)18(20)9-24/h5-8,10,12,26H,11H2,1-4H3,(H2,25,27)/t12-/m1/s1. The second-order valence-corrected chi connectivity index (χ2v) is 7.03. The molecule has 0 unspecified atom stereocenters. The Bertz CT molecular complexity index is 1200. The van der Waals surface area contributed by atoms with E-state index in [9.17, 15) is 14.4 Å². The summed E-state index contributed by atoms with van der Waals surface area (Å²) >= 11 is 0. The molecular formula is C22H23FN6O3. The van der Waals surface area contributed by atoms with Gasteiger partial charge in [-0.3, -0.25) is 4.68 Å². The summed E-state index contributed by atoms with van der Waals surface area (Å²) in [6.07, 6.45) is 0.784. The molecule has 0 spiro atoms. The topological polar surface area (TPSA) is 128 Å². The third-order valence-electron chi connectivity index (χ3n) is 4.90. The summed E-state index contributed by atoms with van der Waals surface area (Å²) in [5, 5.41) is 17.0. The van der Waals surface area contributed by atoms with Crippen LogP contribution in [0.1, 0.15) is 40.3 Å². The van der Waals surface area contributed by atoms with E-state index >= 15 is 0 Å². The lowest BCUT2D eigenvalue weighted by Gasteiger charge is -2.19. The molecule has 32 heavy (non-hydrogen) atoms. The molecule has 0 aliphatic heterocycles. The van der Waals surface area contributed by atoms with E-state index in [4.69, 9.17) is 15.2 Å². The number of nitrogens with one attached hydrogen (secondary N) is 1. The van der Waals surface area contributed by atoms with E-state index in [-0.39, 0.29) is 17.1 Å². The number of rotatable bonds is 7. The van der Waals surface area contributed by atoms with Crippen LogP contribution in [0.2, 0.25) is 0 Å². The molecule has 1 atom stereocenters. The van der Waals surface area contributed by atoms with Crippen molar-refractivity contribution in [3.63, 3.8) is 0 Å². The number of carbonyl (C=O) groups excluding carboxylic acids is 1. The van der Waals surface area contributed by atoms with E-state index in [1.165, 1.54) is 36.2 Å². The fourth-order valence-corrected chi connectivity index (χ4v) is 3.41. The SMILES string of the molecule is CNCc1nn(C)c(C#N)c1-c1cnc(N)c(O[C@H](C)c2cc(F)ccc2C(=O)OC)c1. The minimum absolute atomic E-state index is 0.106. The molecule has 10 heteroatoms. The van der Waals surface area contributed by atoms with Crippen LogP contribution in [-0.2, 0) is 18.3 Å². The van der Waals surface area contributed by atoms with Gasteiger partial charge < -0.3 is 20.5 Å². The Kier molecular flexibility index (Phi) is 6.70. The molecule has 1 aromatic carbocycles. The molecule has 0 radical (unpaired) electrons. The van der Waals surface area contributed by atoms with Crippen LogP contribution in [0.3, 0.4) is 0 Å². The number of esters is 1. The fourth-order valence-electron chi connectivity index (χ4n) is 3.41. The van der Waals surface area contributed by atoms with Gasteiger partial charge in [-0.15, -0.1) is 0 Å². The van der Waals surface area contributed by atoms with Gasteiger partial charge in [-0.2, -0.15) is 10.4 Å². The molecule has 166 valence electrons. The molecule has 3 N–H and O–H groups in total. The number of hydrogen-bond acceptors (Lipinski definition) is 8. The number of ether oxygens (including phenoxy) is 2. The number of hydrogen-bond donors (Lipinski definition) is 2. The second-order valence-electron chi connectivity index (χ2n) is 7.03. The molecule has 9 nitrogen and oxygen atoms in total. The van der Waals surface area contributed by atoms with Gasteiger partial charge in [0.05, 0.1) is 18.4 Å². The summed E-state index contributed by atoms with van der Waals surface area (Å²) in [6, 6.07) is 7.53. The molecule has 0 amide bonds. The first-order chi connectivity index (χ1) is 15.3. The van der Waals surface area contributed by atoms with Crippen LogP contribution < -0.4 is 15.8 Å². The van der Waals surface area contributed by atoms with Crippen LogP contribution >= 0.6 is 0 Å². The molecule has 0 aliphatic rings. The number of nitrogen functional groups attached to an aromatic ring is 1. The van der Waals surface area contributed by atoms with E-state index in [0.717, 1.165) is 0 Å². The highest BCUT2D eigenvalue weighted by atomic mass is 19.1. The minimum atomic E-state index is -0.750. The van der Waals surface area contributed by atoms with Crippen LogP contribution in [0, 0.1) is 17.1 Å². The second kappa shape index (κ2) is 9.45. The Balaban J connectivity index is 2.03. The number of nitrogens with zero attached hydrogens (tertiary/aromatic N) is 4. The monoisotopic (exact) mass is 438 g/mol. The first-order valence-corrected chi connectivity index (χ1v) is 9.71. The Labute approximate surface area is 184 Å². The molecule has 3 rings (SSSR count). The Morgan fingerprint density at radius 2 is 2.16 bits per heavy atom. The zero-order valence-electron chi connectivity index (χ0n) is 18.1. The van der Waals surface area contributed by atoms with Crippen molar-refractivity contribution in [2.24, 2.45) is 7.05 Å². The quantitative estimate of drug-likeness (QED) is 0.539. The van der Waals surface area contributed by atoms with Gasteiger partial charge in [0.15, 0.2) is 11.6 Å². The highest BCUT2D eigenvalue weighted by Gasteiger charge is 2.22. The molecule has 2 heterocycles. The van der Waals surface area contributed by atoms with Gasteiger partial charge in [-0.25, -0.2) is 14.2 Å². The van der Waals surface area contributed by atoms with Crippen molar-refractivity contribution in [1.29, 1.82) is 5.26 Å². The number of pyridine rings is 1. The predicted octanol–water partition coefficient (Wildman–Crippen LogP) is 2.72. The van der Waals surface area contributed by atoms with Gasteiger partial charge in [0, 0.05) is 36.5 Å². The smallest absolute Gasteiger partial charge is 0.338 e. The fraction of sp³-hybridized carbons (Fsp3) is 0.273. The summed E-state index contributed by atoms with van der Waals surface area (Å²) in [7, 11) is 4.71. The molecule has 0 bridgehead atoms. The Hall–Kier alpha value is -3.97. The van der Waals surface area contributed by atoms with Crippen molar-refractivity contribution in [3.8, 4) is 22.9 Å². The highest BCUT2D eigenvalue weighted by molar-refractivity contribution is 5.91. The van der Waals surface area contributed by atoms with Crippen LogP contribution in [-0.4, -0.2) is 34.9 Å². The molecular weight excluding hydrogens is 415 g/mol. The maximum atomic E-state index is 13.9. The predicted molar refractivity (Wildman–Crippen MR) is 115 cm³/mol. The third kappa shape index (κ3) is 4.38. The lowest BCUT2D eigenvalue weighted by molar-refractivity contribution is 0.0595. The van der Waals surface area contributed by atoms with Crippen molar-refractivity contribution in [2.45, 2.75) is 19.6 Å². The van der Waals surface area contributed by atoms with E-state index in [1.54, 1.807) is 27.1 Å². The largest absolute Gasteiger partial charge is 0.482 e. The number of aromatic nitrogens is 3. The number of nitrogens with two attached hydrogens (primary N) is 1. The maximum Gasteiger partial charge on any atom is 0.338 e. The van der Waals surface area contributed by atoms with Crippen molar-refractivity contribution < 1.29 is 18.7 Å². The van der Waals surface area contributed by atoms with E-state index < -0.39 is 17.9 Å². The first-order valence-electron chi connectivity index (χ1n) is 9.71. The Morgan fingerprint density at radius 3 is 2.81 bits per heavy atom. The van der Waals surface area contributed by atoms with Crippen LogP contribution in [0.5, 0.6) is 5.75 Å². The normalized spacial score (nSPS) is 11.6. The number of benzene rings is 1. The lowest BCUT2D eigenvalue weighted by Crippen LogP contribution is -2.13. The summed E-state index contributed by atoms with van der Waals surface area (Å²) in [5.74, 6) is -0.804. The number of halogens is 1. The number of carbonyl (C=O) groups is 1. The minimum Gasteiger partial charge on any atom is -0.482 e. The number of anilines is 1. The van der Waals surface area contributed by atoms with Gasteiger partial charge >= 0.3 is 5.97 Å². The van der Waals surface area contributed by atoms with Crippen molar-refractivity contribution >= 4 is 11.8 Å². The zero-order chi connectivity index (χ0) is 23.4. The van der Waals surface area contributed by atoms with E-state index in [2.05, 4.69) is 21.5 Å². The molecule has 0 saturated carbocycles. The van der Waals surface area contributed by atoms with Gasteiger partial charge in [-0.05, 0) is 38.2 Å². The molecule has 0 aliphatic carbocycles. The van der Waals surface area contributed by atoms with Crippen LogP contribution in [0.4, 0.5) is 10.2 Å². The van der Waals surface area contributed by atoms with Gasteiger partial charge in [-0.1, -0.05) is 0 Å². The molecule has 0 saturated heterocycles. The van der Waals surface area contributed by atoms with E-state index in [1.807, 2.05) is 0 Å². The number of aryl methyl sites for hydroxylation is 1. The summed E-state index contributed by atoms with van der Waals surface area (Å²) in [5.41, 5.74) is 8.72.